The third-order valence-corrected chi connectivity index (χ3v) is 5.59. The second-order valence-electron chi connectivity index (χ2n) is 6.19. The molecular formula is C18H21FN2O4S. The fourth-order valence-electron chi connectivity index (χ4n) is 2.75. The normalized spacial score (nSPS) is 15.1. The number of fused-ring (bicyclic) bond motifs is 1. The molecule has 1 heterocycles. The summed E-state index contributed by atoms with van der Waals surface area (Å²) in [5.74, 6) is 0.623. The van der Waals surface area contributed by atoms with Gasteiger partial charge in [0, 0.05) is 18.7 Å². The number of likely N-dealkylation sites (N-methyl/N-ethyl adjacent to an activating group) is 1. The molecule has 0 spiro atoms. The van der Waals surface area contributed by atoms with Gasteiger partial charge in [-0.05, 0) is 43.9 Å². The summed E-state index contributed by atoms with van der Waals surface area (Å²) in [7, 11) is -0.0454. The van der Waals surface area contributed by atoms with E-state index in [1.54, 1.807) is 18.2 Å². The molecule has 3 rings (SSSR count). The van der Waals surface area contributed by atoms with Gasteiger partial charge < -0.3 is 14.4 Å². The average molecular weight is 380 g/mol. The Balaban J connectivity index is 1.77. The van der Waals surface area contributed by atoms with Crippen molar-refractivity contribution >= 4 is 10.0 Å². The summed E-state index contributed by atoms with van der Waals surface area (Å²) in [6, 6.07) is 10.3. The molecule has 1 atom stereocenters. The molecule has 1 aliphatic rings. The fraction of sp³-hybridized carbons (Fsp3) is 0.333. The zero-order chi connectivity index (χ0) is 18.7. The summed E-state index contributed by atoms with van der Waals surface area (Å²) < 4.78 is 51.9. The molecule has 0 bridgehead atoms. The number of nitrogens with zero attached hydrogens (tertiary/aromatic N) is 1. The summed E-state index contributed by atoms with van der Waals surface area (Å²) in [6.45, 7) is 0.978. The zero-order valence-electron chi connectivity index (χ0n) is 14.6. The molecule has 2 aromatic carbocycles. The van der Waals surface area contributed by atoms with Crippen LogP contribution in [-0.4, -0.2) is 47.2 Å². The lowest BCUT2D eigenvalue weighted by Gasteiger charge is -2.25. The van der Waals surface area contributed by atoms with Crippen LogP contribution < -0.4 is 14.2 Å². The summed E-state index contributed by atoms with van der Waals surface area (Å²) in [4.78, 5) is 1.98. The summed E-state index contributed by atoms with van der Waals surface area (Å²) in [5.41, 5.74) is 0.821. The Hall–Kier alpha value is -2.16. The minimum Gasteiger partial charge on any atom is -0.486 e. The third-order valence-electron chi connectivity index (χ3n) is 4.17. The van der Waals surface area contributed by atoms with Gasteiger partial charge in [-0.25, -0.2) is 17.5 Å². The van der Waals surface area contributed by atoms with Crippen LogP contribution in [0.2, 0.25) is 0 Å². The van der Waals surface area contributed by atoms with E-state index in [1.165, 1.54) is 24.3 Å². The van der Waals surface area contributed by atoms with Gasteiger partial charge in [0.2, 0.25) is 10.0 Å². The topological polar surface area (TPSA) is 67.9 Å². The smallest absolute Gasteiger partial charge is 0.240 e. The van der Waals surface area contributed by atoms with E-state index in [9.17, 15) is 12.8 Å². The maximum absolute atomic E-state index is 13.1. The predicted octanol–water partition coefficient (Wildman–Crippen LogP) is 2.18. The quantitative estimate of drug-likeness (QED) is 0.832. The highest BCUT2D eigenvalue weighted by Crippen LogP contribution is 2.32. The molecule has 140 valence electrons. The van der Waals surface area contributed by atoms with Gasteiger partial charge in [-0.3, -0.25) is 0 Å². The van der Waals surface area contributed by atoms with Crippen LogP contribution in [0.4, 0.5) is 4.39 Å². The van der Waals surface area contributed by atoms with Crippen LogP contribution in [0.25, 0.3) is 0 Å². The molecule has 0 saturated heterocycles. The van der Waals surface area contributed by atoms with Crippen LogP contribution in [0.15, 0.2) is 47.4 Å². The maximum atomic E-state index is 13.1. The molecule has 2 aromatic rings. The maximum Gasteiger partial charge on any atom is 0.240 e. The molecule has 1 N–H and O–H groups in total. The minimum atomic E-state index is -3.72. The number of nitrogens with one attached hydrogen (secondary N) is 1. The first-order valence-electron chi connectivity index (χ1n) is 8.18. The molecule has 0 aliphatic carbocycles. The van der Waals surface area contributed by atoms with Crippen molar-refractivity contribution in [2.24, 2.45) is 0 Å². The van der Waals surface area contributed by atoms with Crippen LogP contribution in [-0.2, 0) is 10.0 Å². The third kappa shape index (κ3) is 4.14. The number of rotatable bonds is 6. The Bertz CT molecular complexity index is 869. The Kier molecular flexibility index (Phi) is 5.45. The second-order valence-corrected chi connectivity index (χ2v) is 7.96. The van der Waals surface area contributed by atoms with Crippen LogP contribution in [0, 0.1) is 5.82 Å². The number of hydrogen-bond donors (Lipinski definition) is 1. The second kappa shape index (κ2) is 7.61. The molecule has 6 nitrogen and oxygen atoms in total. The number of hydrogen-bond acceptors (Lipinski definition) is 5. The van der Waals surface area contributed by atoms with E-state index in [-0.39, 0.29) is 23.3 Å². The van der Waals surface area contributed by atoms with Crippen molar-refractivity contribution in [1.82, 2.24) is 9.62 Å². The molecule has 0 unspecified atom stereocenters. The van der Waals surface area contributed by atoms with Gasteiger partial charge in [0.15, 0.2) is 11.5 Å². The average Bonchev–Trinajstić information content (AvgIpc) is 2.62. The predicted molar refractivity (Wildman–Crippen MR) is 95.4 cm³/mol. The van der Waals surface area contributed by atoms with Crippen molar-refractivity contribution in [3.63, 3.8) is 0 Å². The fourth-order valence-corrected chi connectivity index (χ4v) is 3.80. The van der Waals surface area contributed by atoms with Gasteiger partial charge in [-0.15, -0.1) is 0 Å². The van der Waals surface area contributed by atoms with E-state index in [2.05, 4.69) is 4.72 Å². The van der Waals surface area contributed by atoms with Crippen LogP contribution in [0.5, 0.6) is 11.5 Å². The summed E-state index contributed by atoms with van der Waals surface area (Å²) >= 11 is 0. The summed E-state index contributed by atoms with van der Waals surface area (Å²) in [5, 5.41) is 0. The molecule has 26 heavy (non-hydrogen) atoms. The number of benzene rings is 2. The van der Waals surface area contributed by atoms with E-state index >= 15 is 0 Å². The molecule has 0 fully saturated rings. The number of ether oxygens (including phenoxy) is 2. The van der Waals surface area contributed by atoms with Crippen LogP contribution in [0.1, 0.15) is 11.6 Å². The van der Waals surface area contributed by atoms with Crippen molar-refractivity contribution < 1.29 is 22.3 Å². The lowest BCUT2D eigenvalue weighted by molar-refractivity contribution is 0.171. The largest absolute Gasteiger partial charge is 0.486 e. The van der Waals surface area contributed by atoms with Crippen LogP contribution in [0.3, 0.4) is 0 Å². The van der Waals surface area contributed by atoms with Gasteiger partial charge in [-0.2, -0.15) is 0 Å². The van der Waals surface area contributed by atoms with E-state index < -0.39 is 10.0 Å². The highest BCUT2D eigenvalue weighted by Gasteiger charge is 2.22. The van der Waals surface area contributed by atoms with Gasteiger partial charge in [0.1, 0.15) is 19.0 Å². The van der Waals surface area contributed by atoms with E-state index in [0.29, 0.717) is 24.7 Å². The molecule has 0 aromatic heterocycles. The van der Waals surface area contributed by atoms with E-state index in [0.717, 1.165) is 5.56 Å². The molecule has 0 saturated carbocycles. The highest BCUT2D eigenvalue weighted by molar-refractivity contribution is 7.89. The Morgan fingerprint density at radius 2 is 1.73 bits per heavy atom. The first kappa shape index (κ1) is 18.6. The first-order chi connectivity index (χ1) is 12.4. The van der Waals surface area contributed by atoms with Crippen molar-refractivity contribution in [3.8, 4) is 11.5 Å². The molecule has 1 aliphatic heterocycles. The standard InChI is InChI=1S/C18H21FN2O4S/c1-21(2)16(13-3-5-14(19)6-4-13)12-20-26(22,23)15-7-8-17-18(11-15)25-10-9-24-17/h3-8,11,16,20H,9-10,12H2,1-2H3/t16-/m0/s1. The van der Waals surface area contributed by atoms with Crippen molar-refractivity contribution in [3.05, 3.63) is 53.8 Å². The van der Waals surface area contributed by atoms with Crippen LogP contribution >= 0.6 is 0 Å². The van der Waals surface area contributed by atoms with Gasteiger partial charge in [0.25, 0.3) is 0 Å². The minimum absolute atomic E-state index is 0.110. The van der Waals surface area contributed by atoms with E-state index in [4.69, 9.17) is 9.47 Å². The molecule has 0 radical (unpaired) electrons. The zero-order valence-corrected chi connectivity index (χ0v) is 15.4. The Morgan fingerprint density at radius 3 is 2.38 bits per heavy atom. The monoisotopic (exact) mass is 380 g/mol. The molecular weight excluding hydrogens is 359 g/mol. The number of halogens is 1. The highest BCUT2D eigenvalue weighted by atomic mass is 32.2. The first-order valence-corrected chi connectivity index (χ1v) is 9.66. The Morgan fingerprint density at radius 1 is 1.08 bits per heavy atom. The van der Waals surface area contributed by atoms with Crippen molar-refractivity contribution in [2.45, 2.75) is 10.9 Å². The Labute approximate surface area is 152 Å². The number of sulfonamides is 1. The van der Waals surface area contributed by atoms with E-state index in [1.807, 2.05) is 19.0 Å². The van der Waals surface area contributed by atoms with Gasteiger partial charge >= 0.3 is 0 Å². The van der Waals surface area contributed by atoms with Crippen molar-refractivity contribution in [2.75, 3.05) is 33.9 Å². The lowest BCUT2D eigenvalue weighted by atomic mass is 10.1. The van der Waals surface area contributed by atoms with Crippen molar-refractivity contribution in [1.29, 1.82) is 0 Å². The lowest BCUT2D eigenvalue weighted by Crippen LogP contribution is -2.34. The van der Waals surface area contributed by atoms with Gasteiger partial charge in [-0.1, -0.05) is 12.1 Å². The summed E-state index contributed by atoms with van der Waals surface area (Å²) in [6.07, 6.45) is 0. The van der Waals surface area contributed by atoms with Gasteiger partial charge in [0.05, 0.1) is 4.90 Å². The molecule has 0 amide bonds. The SMILES string of the molecule is CN(C)[C@@H](CNS(=O)(=O)c1ccc2c(c1)OCCO2)c1ccc(F)cc1. The molecule has 8 heteroatoms.